The Hall–Kier alpha value is -1.22. The van der Waals surface area contributed by atoms with Crippen molar-refractivity contribution in [3.8, 4) is 0 Å². The minimum atomic E-state index is 0.0642. The summed E-state index contributed by atoms with van der Waals surface area (Å²) in [4.78, 5) is 2.33. The second-order valence-electron chi connectivity index (χ2n) is 4.48. The van der Waals surface area contributed by atoms with Crippen LogP contribution in [-0.2, 0) is 0 Å². The molecule has 2 rings (SSSR count). The van der Waals surface area contributed by atoms with E-state index in [1.54, 1.807) is 6.07 Å². The zero-order valence-corrected chi connectivity index (χ0v) is 10.6. The highest BCUT2D eigenvalue weighted by atomic mass is 35.5. The average Bonchev–Trinajstić information content (AvgIpc) is 2.57. The molecule has 92 valence electrons. The molecule has 1 heterocycles. The van der Waals surface area contributed by atoms with Gasteiger partial charge in [-0.1, -0.05) is 24.4 Å². The van der Waals surface area contributed by atoms with Gasteiger partial charge in [-0.15, -0.1) is 0 Å². The van der Waals surface area contributed by atoms with E-state index in [1.807, 2.05) is 12.1 Å². The number of halogens is 1. The predicted octanol–water partition coefficient (Wildman–Crippen LogP) is 3.00. The van der Waals surface area contributed by atoms with E-state index in [0.29, 0.717) is 10.6 Å². The number of nitrogen functional groups attached to an aromatic ring is 1. The molecular formula is C13H18ClN3. The number of hydrogen-bond acceptors (Lipinski definition) is 2. The third kappa shape index (κ3) is 2.91. The van der Waals surface area contributed by atoms with E-state index in [-0.39, 0.29) is 5.84 Å². The van der Waals surface area contributed by atoms with Crippen LogP contribution in [0.5, 0.6) is 0 Å². The third-order valence-electron chi connectivity index (χ3n) is 3.21. The molecule has 1 aliphatic rings. The first kappa shape index (κ1) is 12.2. The summed E-state index contributed by atoms with van der Waals surface area (Å²) < 4.78 is 0. The van der Waals surface area contributed by atoms with Crippen molar-refractivity contribution in [2.24, 2.45) is 5.73 Å². The van der Waals surface area contributed by atoms with Crippen LogP contribution in [0.4, 0.5) is 5.69 Å². The lowest BCUT2D eigenvalue weighted by molar-refractivity contribution is 0.726. The Kier molecular flexibility index (Phi) is 3.89. The standard InChI is InChI=1S/C13H18ClN3/c14-11-9-10(13(15)16)5-6-12(11)17-7-3-1-2-4-8-17/h5-6,9H,1-4,7-8H2,(H3,15,16). The molecule has 1 fully saturated rings. The molecule has 0 spiro atoms. The molecule has 0 aliphatic carbocycles. The van der Waals surface area contributed by atoms with Crippen molar-refractivity contribution in [3.05, 3.63) is 28.8 Å². The highest BCUT2D eigenvalue weighted by molar-refractivity contribution is 6.33. The van der Waals surface area contributed by atoms with Crippen molar-refractivity contribution in [2.45, 2.75) is 25.7 Å². The molecule has 3 N–H and O–H groups in total. The van der Waals surface area contributed by atoms with E-state index < -0.39 is 0 Å². The number of nitrogens with two attached hydrogens (primary N) is 1. The fourth-order valence-corrected chi connectivity index (χ4v) is 2.54. The maximum Gasteiger partial charge on any atom is 0.122 e. The molecule has 0 radical (unpaired) electrons. The van der Waals surface area contributed by atoms with Crippen LogP contribution in [-0.4, -0.2) is 18.9 Å². The molecule has 0 bridgehead atoms. The van der Waals surface area contributed by atoms with Gasteiger partial charge in [-0.25, -0.2) is 0 Å². The van der Waals surface area contributed by atoms with E-state index in [0.717, 1.165) is 18.8 Å². The van der Waals surface area contributed by atoms with E-state index >= 15 is 0 Å². The summed E-state index contributed by atoms with van der Waals surface area (Å²) in [6.45, 7) is 2.14. The van der Waals surface area contributed by atoms with Crippen LogP contribution in [0.3, 0.4) is 0 Å². The number of nitrogens with zero attached hydrogens (tertiary/aromatic N) is 1. The Morgan fingerprint density at radius 3 is 2.35 bits per heavy atom. The maximum atomic E-state index is 7.39. The molecule has 0 aromatic heterocycles. The highest BCUT2D eigenvalue weighted by Crippen LogP contribution is 2.28. The first-order chi connectivity index (χ1) is 8.18. The highest BCUT2D eigenvalue weighted by Gasteiger charge is 2.13. The van der Waals surface area contributed by atoms with Crippen LogP contribution in [0.25, 0.3) is 0 Å². The molecule has 0 unspecified atom stereocenters. The summed E-state index contributed by atoms with van der Waals surface area (Å²) in [5.41, 5.74) is 7.20. The van der Waals surface area contributed by atoms with Gasteiger partial charge in [0.15, 0.2) is 0 Å². The Bertz CT molecular complexity index is 409. The topological polar surface area (TPSA) is 53.1 Å². The maximum absolute atomic E-state index is 7.39. The lowest BCUT2D eigenvalue weighted by Gasteiger charge is -2.24. The Labute approximate surface area is 107 Å². The lowest BCUT2D eigenvalue weighted by Crippen LogP contribution is -2.24. The Balaban J connectivity index is 2.22. The minimum Gasteiger partial charge on any atom is -0.384 e. The molecule has 1 saturated heterocycles. The van der Waals surface area contributed by atoms with Crippen molar-refractivity contribution in [3.63, 3.8) is 0 Å². The van der Waals surface area contributed by atoms with Crippen molar-refractivity contribution >= 4 is 23.1 Å². The van der Waals surface area contributed by atoms with Gasteiger partial charge in [0.1, 0.15) is 5.84 Å². The van der Waals surface area contributed by atoms with Crippen LogP contribution in [0.15, 0.2) is 18.2 Å². The van der Waals surface area contributed by atoms with Crippen molar-refractivity contribution < 1.29 is 0 Å². The Morgan fingerprint density at radius 1 is 1.18 bits per heavy atom. The number of rotatable bonds is 2. The second kappa shape index (κ2) is 5.41. The summed E-state index contributed by atoms with van der Waals surface area (Å²) in [6.07, 6.45) is 5.06. The molecule has 0 amide bonds. The number of nitrogens with one attached hydrogen (secondary N) is 1. The SMILES string of the molecule is N=C(N)c1ccc(N2CCCCCC2)c(Cl)c1. The van der Waals surface area contributed by atoms with Gasteiger partial charge in [-0.3, -0.25) is 5.41 Å². The normalized spacial score (nSPS) is 16.6. The number of amidine groups is 1. The average molecular weight is 252 g/mol. The van der Waals surface area contributed by atoms with Gasteiger partial charge < -0.3 is 10.6 Å². The van der Waals surface area contributed by atoms with Gasteiger partial charge in [0.25, 0.3) is 0 Å². The molecule has 1 aromatic rings. The van der Waals surface area contributed by atoms with E-state index in [1.165, 1.54) is 25.7 Å². The van der Waals surface area contributed by atoms with Crippen LogP contribution in [0.1, 0.15) is 31.2 Å². The van der Waals surface area contributed by atoms with Gasteiger partial charge in [0, 0.05) is 18.7 Å². The van der Waals surface area contributed by atoms with Crippen LogP contribution in [0.2, 0.25) is 5.02 Å². The molecule has 1 aromatic carbocycles. The fourth-order valence-electron chi connectivity index (χ4n) is 2.24. The second-order valence-corrected chi connectivity index (χ2v) is 4.89. The largest absolute Gasteiger partial charge is 0.384 e. The molecular weight excluding hydrogens is 234 g/mol. The van der Waals surface area contributed by atoms with E-state index in [4.69, 9.17) is 22.7 Å². The Morgan fingerprint density at radius 2 is 1.82 bits per heavy atom. The van der Waals surface area contributed by atoms with Crippen molar-refractivity contribution in [2.75, 3.05) is 18.0 Å². The molecule has 1 aliphatic heterocycles. The molecule has 0 atom stereocenters. The first-order valence-electron chi connectivity index (χ1n) is 6.07. The minimum absolute atomic E-state index is 0.0642. The van der Waals surface area contributed by atoms with Gasteiger partial charge in [0.05, 0.1) is 10.7 Å². The summed E-state index contributed by atoms with van der Waals surface area (Å²) in [6, 6.07) is 5.63. The summed E-state index contributed by atoms with van der Waals surface area (Å²) >= 11 is 6.27. The molecule has 17 heavy (non-hydrogen) atoms. The van der Waals surface area contributed by atoms with Crippen LogP contribution < -0.4 is 10.6 Å². The van der Waals surface area contributed by atoms with Gasteiger partial charge in [0.2, 0.25) is 0 Å². The number of hydrogen-bond donors (Lipinski definition) is 2. The van der Waals surface area contributed by atoms with Crippen LogP contribution in [0, 0.1) is 5.41 Å². The summed E-state index contributed by atoms with van der Waals surface area (Å²) in [5, 5.41) is 8.08. The molecule has 4 heteroatoms. The first-order valence-corrected chi connectivity index (χ1v) is 6.45. The number of anilines is 1. The van der Waals surface area contributed by atoms with Gasteiger partial charge >= 0.3 is 0 Å². The van der Waals surface area contributed by atoms with Gasteiger partial charge in [-0.05, 0) is 31.0 Å². The van der Waals surface area contributed by atoms with Crippen LogP contribution >= 0.6 is 11.6 Å². The van der Waals surface area contributed by atoms with Crippen molar-refractivity contribution in [1.29, 1.82) is 5.41 Å². The lowest BCUT2D eigenvalue weighted by atomic mass is 10.1. The summed E-state index contributed by atoms with van der Waals surface area (Å²) in [5.74, 6) is 0.0642. The van der Waals surface area contributed by atoms with E-state index in [2.05, 4.69) is 4.90 Å². The van der Waals surface area contributed by atoms with Crippen molar-refractivity contribution in [1.82, 2.24) is 0 Å². The molecule has 3 nitrogen and oxygen atoms in total. The number of benzene rings is 1. The predicted molar refractivity (Wildman–Crippen MR) is 73.1 cm³/mol. The summed E-state index contributed by atoms with van der Waals surface area (Å²) in [7, 11) is 0. The van der Waals surface area contributed by atoms with E-state index in [9.17, 15) is 0 Å². The fraction of sp³-hybridized carbons (Fsp3) is 0.462. The smallest absolute Gasteiger partial charge is 0.122 e. The quantitative estimate of drug-likeness (QED) is 0.627. The zero-order chi connectivity index (χ0) is 12.3. The molecule has 0 saturated carbocycles. The monoisotopic (exact) mass is 251 g/mol. The third-order valence-corrected chi connectivity index (χ3v) is 3.51. The zero-order valence-electron chi connectivity index (χ0n) is 9.88. The van der Waals surface area contributed by atoms with Gasteiger partial charge in [-0.2, -0.15) is 0 Å².